The molecule has 5 nitrogen and oxygen atoms in total. The van der Waals surface area contributed by atoms with Gasteiger partial charge in [-0.2, -0.15) is 0 Å². The molecule has 0 aromatic rings. The van der Waals surface area contributed by atoms with Crippen molar-refractivity contribution in [3.05, 3.63) is 0 Å². The lowest BCUT2D eigenvalue weighted by atomic mass is 9.96. The average Bonchev–Trinajstić information content (AvgIpc) is 2.30. The van der Waals surface area contributed by atoms with Gasteiger partial charge in [0.25, 0.3) is 0 Å². The van der Waals surface area contributed by atoms with Gasteiger partial charge < -0.3 is 20.1 Å². The highest BCUT2D eigenvalue weighted by molar-refractivity contribution is 5.73. The minimum Gasteiger partial charge on any atom is -0.382 e. The Kier molecular flexibility index (Phi) is 6.92. The number of hydrogen-bond donors (Lipinski definition) is 2. The summed E-state index contributed by atoms with van der Waals surface area (Å²) in [5.41, 5.74) is 0. The van der Waals surface area contributed by atoms with E-state index < -0.39 is 0 Å². The number of amides is 2. The summed E-state index contributed by atoms with van der Waals surface area (Å²) in [5, 5.41) is 5.61. The molecule has 1 rings (SSSR count). The summed E-state index contributed by atoms with van der Waals surface area (Å²) >= 11 is 0. The van der Waals surface area contributed by atoms with Crippen LogP contribution in [-0.4, -0.2) is 39.1 Å². The molecule has 1 saturated carbocycles. The number of carbonyl (C=O) groups is 1. The molecule has 16 heavy (non-hydrogen) atoms. The standard InChI is InChI=1S/C11H22N2O3/c1-15-7-8-16-9-12-11(14)13-10-5-3-2-4-6-10/h10H,2-9H2,1H3,(H2,12,13,14). The fraction of sp³-hybridized carbons (Fsp3) is 0.909. The molecule has 1 aliphatic carbocycles. The molecule has 1 aliphatic rings. The highest BCUT2D eigenvalue weighted by atomic mass is 16.5. The number of ether oxygens (including phenoxy) is 2. The monoisotopic (exact) mass is 230 g/mol. The zero-order valence-electron chi connectivity index (χ0n) is 9.96. The summed E-state index contributed by atoms with van der Waals surface area (Å²) in [5.74, 6) is 0. The van der Waals surface area contributed by atoms with Crippen molar-refractivity contribution >= 4 is 6.03 Å². The van der Waals surface area contributed by atoms with Crippen LogP contribution in [0.1, 0.15) is 32.1 Å². The van der Waals surface area contributed by atoms with Crippen LogP contribution in [0.3, 0.4) is 0 Å². The SMILES string of the molecule is COCCOCNC(=O)NC1CCCCC1. The molecule has 2 amide bonds. The molecular formula is C11H22N2O3. The highest BCUT2D eigenvalue weighted by Crippen LogP contribution is 2.16. The summed E-state index contributed by atoms with van der Waals surface area (Å²) in [6.07, 6.45) is 5.92. The van der Waals surface area contributed by atoms with E-state index in [9.17, 15) is 4.79 Å². The summed E-state index contributed by atoms with van der Waals surface area (Å²) in [6, 6.07) is 0.206. The van der Waals surface area contributed by atoms with Crippen molar-refractivity contribution in [1.82, 2.24) is 10.6 Å². The van der Waals surface area contributed by atoms with Crippen molar-refractivity contribution in [2.24, 2.45) is 0 Å². The Balaban J connectivity index is 1.97. The van der Waals surface area contributed by atoms with Crippen LogP contribution in [0, 0.1) is 0 Å². The zero-order valence-corrected chi connectivity index (χ0v) is 9.96. The van der Waals surface area contributed by atoms with Crippen molar-refractivity contribution in [2.45, 2.75) is 38.1 Å². The van der Waals surface area contributed by atoms with Crippen LogP contribution < -0.4 is 10.6 Å². The molecule has 0 aromatic carbocycles. The first-order chi connectivity index (χ1) is 7.83. The van der Waals surface area contributed by atoms with E-state index in [2.05, 4.69) is 10.6 Å². The van der Waals surface area contributed by atoms with Crippen LogP contribution in [0.2, 0.25) is 0 Å². The Labute approximate surface area is 96.9 Å². The molecule has 0 atom stereocenters. The molecule has 0 unspecified atom stereocenters. The smallest absolute Gasteiger partial charge is 0.316 e. The maximum atomic E-state index is 11.4. The maximum Gasteiger partial charge on any atom is 0.316 e. The summed E-state index contributed by atoms with van der Waals surface area (Å²) in [4.78, 5) is 11.4. The molecule has 2 N–H and O–H groups in total. The van der Waals surface area contributed by atoms with E-state index >= 15 is 0 Å². The van der Waals surface area contributed by atoms with Gasteiger partial charge in [0.15, 0.2) is 0 Å². The third kappa shape index (κ3) is 5.92. The van der Waals surface area contributed by atoms with Crippen LogP contribution in [0.15, 0.2) is 0 Å². The van der Waals surface area contributed by atoms with Crippen LogP contribution in [0.4, 0.5) is 4.79 Å². The highest BCUT2D eigenvalue weighted by Gasteiger charge is 2.14. The first kappa shape index (κ1) is 13.3. The minimum atomic E-state index is -0.135. The number of carbonyl (C=O) groups excluding carboxylic acids is 1. The fourth-order valence-electron chi connectivity index (χ4n) is 1.81. The van der Waals surface area contributed by atoms with Gasteiger partial charge in [0, 0.05) is 13.2 Å². The Morgan fingerprint density at radius 3 is 2.69 bits per heavy atom. The van der Waals surface area contributed by atoms with Crippen molar-refractivity contribution in [2.75, 3.05) is 27.1 Å². The van der Waals surface area contributed by atoms with E-state index in [0.29, 0.717) is 19.3 Å². The average molecular weight is 230 g/mol. The molecule has 0 radical (unpaired) electrons. The van der Waals surface area contributed by atoms with Crippen LogP contribution in [0.25, 0.3) is 0 Å². The molecule has 0 aliphatic heterocycles. The Hall–Kier alpha value is -0.810. The molecular weight excluding hydrogens is 208 g/mol. The zero-order chi connectivity index (χ0) is 11.6. The second-order valence-corrected chi connectivity index (χ2v) is 4.03. The first-order valence-electron chi connectivity index (χ1n) is 5.94. The van der Waals surface area contributed by atoms with Gasteiger partial charge in [-0.25, -0.2) is 4.79 Å². The van der Waals surface area contributed by atoms with Gasteiger partial charge in [-0.1, -0.05) is 19.3 Å². The number of hydrogen-bond acceptors (Lipinski definition) is 3. The third-order valence-corrected chi connectivity index (χ3v) is 2.71. The van der Waals surface area contributed by atoms with E-state index in [1.165, 1.54) is 19.3 Å². The quantitative estimate of drug-likeness (QED) is 0.533. The van der Waals surface area contributed by atoms with E-state index in [-0.39, 0.29) is 12.8 Å². The van der Waals surface area contributed by atoms with Crippen molar-refractivity contribution in [1.29, 1.82) is 0 Å². The van der Waals surface area contributed by atoms with Crippen LogP contribution >= 0.6 is 0 Å². The molecule has 1 fully saturated rings. The second-order valence-electron chi connectivity index (χ2n) is 4.03. The largest absolute Gasteiger partial charge is 0.382 e. The Morgan fingerprint density at radius 1 is 1.25 bits per heavy atom. The number of rotatable bonds is 6. The van der Waals surface area contributed by atoms with Crippen molar-refractivity contribution in [3.63, 3.8) is 0 Å². The Morgan fingerprint density at radius 2 is 2.00 bits per heavy atom. The van der Waals surface area contributed by atoms with Crippen molar-refractivity contribution in [3.8, 4) is 0 Å². The lowest BCUT2D eigenvalue weighted by molar-refractivity contribution is 0.0640. The number of urea groups is 1. The summed E-state index contributed by atoms with van der Waals surface area (Å²) in [7, 11) is 1.62. The Bertz CT molecular complexity index is 194. The fourth-order valence-corrected chi connectivity index (χ4v) is 1.81. The predicted octanol–water partition coefficient (Wildman–Crippen LogP) is 1.24. The molecule has 5 heteroatoms. The molecule has 94 valence electrons. The van der Waals surface area contributed by atoms with Gasteiger partial charge in [0.05, 0.1) is 13.2 Å². The van der Waals surface area contributed by atoms with Gasteiger partial charge in [-0.05, 0) is 12.8 Å². The lowest BCUT2D eigenvalue weighted by Gasteiger charge is -2.22. The van der Waals surface area contributed by atoms with Crippen LogP contribution in [-0.2, 0) is 9.47 Å². The van der Waals surface area contributed by atoms with E-state index in [0.717, 1.165) is 12.8 Å². The normalized spacial score (nSPS) is 17.1. The van der Waals surface area contributed by atoms with Gasteiger partial charge in [0.1, 0.15) is 6.73 Å². The maximum absolute atomic E-state index is 11.4. The van der Waals surface area contributed by atoms with E-state index in [1.54, 1.807) is 7.11 Å². The topological polar surface area (TPSA) is 59.6 Å². The number of nitrogens with one attached hydrogen (secondary N) is 2. The van der Waals surface area contributed by atoms with E-state index in [1.807, 2.05) is 0 Å². The molecule has 0 aromatic heterocycles. The molecule has 0 heterocycles. The molecule has 0 bridgehead atoms. The van der Waals surface area contributed by atoms with Crippen molar-refractivity contribution < 1.29 is 14.3 Å². The van der Waals surface area contributed by atoms with Gasteiger partial charge >= 0.3 is 6.03 Å². The van der Waals surface area contributed by atoms with Gasteiger partial charge in [0.2, 0.25) is 0 Å². The van der Waals surface area contributed by atoms with Gasteiger partial charge in [-0.3, -0.25) is 0 Å². The predicted molar refractivity (Wildman–Crippen MR) is 61.2 cm³/mol. The lowest BCUT2D eigenvalue weighted by Crippen LogP contribution is -2.43. The second kappa shape index (κ2) is 8.35. The first-order valence-corrected chi connectivity index (χ1v) is 5.94. The summed E-state index contributed by atoms with van der Waals surface area (Å²) < 4.78 is 9.95. The molecule has 0 saturated heterocycles. The molecule has 0 spiro atoms. The third-order valence-electron chi connectivity index (χ3n) is 2.71. The number of methoxy groups -OCH3 is 1. The summed E-state index contributed by atoms with van der Waals surface area (Å²) in [6.45, 7) is 1.29. The van der Waals surface area contributed by atoms with Crippen LogP contribution in [0.5, 0.6) is 0 Å². The van der Waals surface area contributed by atoms with E-state index in [4.69, 9.17) is 9.47 Å². The van der Waals surface area contributed by atoms with Gasteiger partial charge in [-0.15, -0.1) is 0 Å². The minimum absolute atomic E-state index is 0.135.